The van der Waals surface area contributed by atoms with Crippen molar-refractivity contribution in [2.75, 3.05) is 18.0 Å². The summed E-state index contributed by atoms with van der Waals surface area (Å²) < 4.78 is 34.7. The van der Waals surface area contributed by atoms with Crippen molar-refractivity contribution < 1.29 is 27.7 Å². The number of carbonyl (C=O) groups excluding carboxylic acids is 2. The van der Waals surface area contributed by atoms with E-state index in [2.05, 4.69) is 5.32 Å². The molecule has 0 saturated carbocycles. The van der Waals surface area contributed by atoms with Crippen LogP contribution < -0.4 is 14.4 Å². The van der Waals surface area contributed by atoms with Crippen molar-refractivity contribution in [3.63, 3.8) is 0 Å². The first kappa shape index (κ1) is 37.2. The Kier molecular flexibility index (Phi) is 12.3. The zero-order valence-corrected chi connectivity index (χ0v) is 29.6. The van der Waals surface area contributed by atoms with Crippen molar-refractivity contribution in [2.24, 2.45) is 0 Å². The average Bonchev–Trinajstić information content (AvgIpc) is 3.06. The molecule has 0 saturated heterocycles. The Hall–Kier alpha value is -4.65. The fourth-order valence-electron chi connectivity index (χ4n) is 5.12. The Morgan fingerprint density at radius 3 is 2.18 bits per heavy atom. The summed E-state index contributed by atoms with van der Waals surface area (Å²) in [5.41, 5.74) is 1.29. The van der Waals surface area contributed by atoms with Gasteiger partial charge in [0.25, 0.3) is 15.7 Å². The number of nitrogens with zero attached hydrogens (tertiary/aromatic N) is 3. The summed E-state index contributed by atoms with van der Waals surface area (Å²) in [6.45, 7) is 4.21. The highest BCUT2D eigenvalue weighted by Gasteiger charge is 2.35. The second-order valence-electron chi connectivity index (χ2n) is 11.6. The largest absolute Gasteiger partial charge is 0.497 e. The van der Waals surface area contributed by atoms with Crippen LogP contribution in [-0.4, -0.2) is 55.8 Å². The van der Waals surface area contributed by atoms with Crippen LogP contribution in [0.2, 0.25) is 10.0 Å². The molecule has 14 heteroatoms. The van der Waals surface area contributed by atoms with Gasteiger partial charge < -0.3 is 15.0 Å². The lowest BCUT2D eigenvalue weighted by molar-refractivity contribution is -0.385. The van der Waals surface area contributed by atoms with Gasteiger partial charge in [-0.15, -0.1) is 0 Å². The molecule has 11 nitrogen and oxygen atoms in total. The van der Waals surface area contributed by atoms with Gasteiger partial charge in [-0.1, -0.05) is 65.7 Å². The summed E-state index contributed by atoms with van der Waals surface area (Å²) in [5, 5.41) is 15.2. The predicted molar refractivity (Wildman–Crippen MR) is 190 cm³/mol. The van der Waals surface area contributed by atoms with E-state index in [1.54, 1.807) is 32.0 Å². The zero-order chi connectivity index (χ0) is 35.9. The van der Waals surface area contributed by atoms with Crippen molar-refractivity contribution in [3.05, 3.63) is 128 Å². The monoisotopic (exact) mass is 726 g/mol. The third-order valence-corrected chi connectivity index (χ3v) is 10.2. The van der Waals surface area contributed by atoms with E-state index in [1.165, 1.54) is 55.3 Å². The van der Waals surface area contributed by atoms with Gasteiger partial charge in [0.15, 0.2) is 0 Å². The van der Waals surface area contributed by atoms with Crippen LogP contribution in [0.25, 0.3) is 0 Å². The molecular weight excluding hydrogens is 691 g/mol. The Bertz CT molecular complexity index is 1920. The molecule has 0 unspecified atom stereocenters. The molecule has 0 aromatic heterocycles. The fourth-order valence-corrected chi connectivity index (χ4v) is 6.88. The number of rotatable bonds is 14. The van der Waals surface area contributed by atoms with Gasteiger partial charge in [0.2, 0.25) is 11.8 Å². The molecule has 0 spiro atoms. The van der Waals surface area contributed by atoms with Crippen molar-refractivity contribution in [1.82, 2.24) is 10.2 Å². The Labute approximate surface area is 295 Å². The standard InChI is InChI=1S/C35H36Cl2N4O7S/c1-23(2)38-35(43)33(19-25-8-6-5-7-9-25)39(21-26-11-17-30(36)31(37)18-26)34(42)22-40(27-12-14-28(48-4)15-13-27)49(46,47)29-16-10-24(3)32(20-29)41(44)45/h5-18,20,23,33H,19,21-22H2,1-4H3,(H,38,43)/t33-/m0/s1. The van der Waals surface area contributed by atoms with Crippen LogP contribution in [-0.2, 0) is 32.6 Å². The number of hydrogen-bond donors (Lipinski definition) is 1. The van der Waals surface area contributed by atoms with Crippen LogP contribution in [0.5, 0.6) is 5.75 Å². The van der Waals surface area contributed by atoms with Gasteiger partial charge in [0.05, 0.1) is 32.7 Å². The van der Waals surface area contributed by atoms with Crippen LogP contribution in [0.4, 0.5) is 11.4 Å². The number of amides is 2. The summed E-state index contributed by atoms with van der Waals surface area (Å²) in [4.78, 5) is 40.4. The van der Waals surface area contributed by atoms with Gasteiger partial charge in [-0.25, -0.2) is 8.42 Å². The third kappa shape index (κ3) is 9.28. The van der Waals surface area contributed by atoms with E-state index in [0.717, 1.165) is 15.9 Å². The highest BCUT2D eigenvalue weighted by atomic mass is 35.5. The number of sulfonamides is 1. The molecule has 0 aliphatic rings. The van der Waals surface area contributed by atoms with E-state index < -0.39 is 45.0 Å². The number of nitro benzene ring substituents is 1. The highest BCUT2D eigenvalue weighted by molar-refractivity contribution is 7.92. The molecule has 4 aromatic carbocycles. The van der Waals surface area contributed by atoms with Crippen molar-refractivity contribution in [2.45, 2.75) is 50.7 Å². The number of methoxy groups -OCH3 is 1. The third-order valence-electron chi connectivity index (χ3n) is 7.64. The SMILES string of the molecule is COc1ccc(N(CC(=O)N(Cc2ccc(Cl)c(Cl)c2)[C@@H](Cc2ccccc2)C(=O)NC(C)C)S(=O)(=O)c2ccc(C)c([N+](=O)[O-])c2)cc1. The lowest BCUT2D eigenvalue weighted by Gasteiger charge is -2.34. The van der Waals surface area contributed by atoms with Gasteiger partial charge in [-0.05, 0) is 74.4 Å². The van der Waals surface area contributed by atoms with Crippen molar-refractivity contribution in [1.29, 1.82) is 0 Å². The molecule has 2 amide bonds. The molecule has 0 aliphatic carbocycles. The molecule has 0 fully saturated rings. The summed E-state index contributed by atoms with van der Waals surface area (Å²) in [6, 6.07) is 22.1. The maximum absolute atomic E-state index is 14.6. The normalized spacial score (nSPS) is 11.9. The number of nitro groups is 1. The minimum absolute atomic E-state index is 0.0955. The van der Waals surface area contributed by atoms with Crippen molar-refractivity contribution >= 4 is 56.4 Å². The quantitative estimate of drug-likeness (QED) is 0.114. The lowest BCUT2D eigenvalue weighted by Crippen LogP contribution is -2.54. The molecule has 0 heterocycles. The van der Waals surface area contributed by atoms with Gasteiger partial charge in [0, 0.05) is 30.6 Å². The summed E-state index contributed by atoms with van der Waals surface area (Å²) in [6.07, 6.45) is 0.117. The molecule has 1 atom stereocenters. The topological polar surface area (TPSA) is 139 Å². The number of ether oxygens (including phenoxy) is 1. The predicted octanol–water partition coefficient (Wildman–Crippen LogP) is 6.58. The molecule has 0 radical (unpaired) electrons. The van der Waals surface area contributed by atoms with E-state index in [4.69, 9.17) is 27.9 Å². The van der Waals surface area contributed by atoms with Crippen LogP contribution in [0.1, 0.15) is 30.5 Å². The maximum Gasteiger partial charge on any atom is 0.273 e. The molecule has 258 valence electrons. The maximum atomic E-state index is 14.6. The average molecular weight is 728 g/mol. The van der Waals surface area contributed by atoms with Crippen LogP contribution in [0, 0.1) is 17.0 Å². The summed E-state index contributed by atoms with van der Waals surface area (Å²) >= 11 is 12.5. The molecule has 4 aromatic rings. The second-order valence-corrected chi connectivity index (χ2v) is 14.2. The molecule has 1 N–H and O–H groups in total. The number of aryl methyl sites for hydroxylation is 1. The van der Waals surface area contributed by atoms with Gasteiger partial charge in [0.1, 0.15) is 18.3 Å². The Morgan fingerprint density at radius 2 is 1.59 bits per heavy atom. The van der Waals surface area contributed by atoms with E-state index in [1.807, 2.05) is 30.3 Å². The molecular formula is C35H36Cl2N4O7S. The van der Waals surface area contributed by atoms with E-state index in [0.29, 0.717) is 16.3 Å². The minimum atomic E-state index is -4.58. The van der Waals surface area contributed by atoms with Crippen LogP contribution >= 0.6 is 23.2 Å². The molecule has 0 aliphatic heterocycles. The second kappa shape index (κ2) is 16.2. The van der Waals surface area contributed by atoms with Gasteiger partial charge in [-0.2, -0.15) is 0 Å². The van der Waals surface area contributed by atoms with Crippen LogP contribution in [0.15, 0.2) is 95.9 Å². The lowest BCUT2D eigenvalue weighted by atomic mass is 10.0. The number of benzene rings is 4. The van der Waals surface area contributed by atoms with E-state index >= 15 is 0 Å². The molecule has 4 rings (SSSR count). The summed E-state index contributed by atoms with van der Waals surface area (Å²) in [5.74, 6) is -0.722. The van der Waals surface area contributed by atoms with Crippen molar-refractivity contribution in [3.8, 4) is 5.75 Å². The molecule has 49 heavy (non-hydrogen) atoms. The van der Waals surface area contributed by atoms with E-state index in [-0.39, 0.29) is 40.2 Å². The number of hydrogen-bond acceptors (Lipinski definition) is 7. The minimum Gasteiger partial charge on any atom is -0.497 e. The van der Waals surface area contributed by atoms with Gasteiger partial charge in [-0.3, -0.25) is 24.0 Å². The summed E-state index contributed by atoms with van der Waals surface area (Å²) in [7, 11) is -3.13. The number of anilines is 1. The number of halogens is 2. The van der Waals surface area contributed by atoms with Gasteiger partial charge >= 0.3 is 0 Å². The van der Waals surface area contributed by atoms with Crippen LogP contribution in [0.3, 0.4) is 0 Å². The first-order valence-electron chi connectivity index (χ1n) is 15.2. The number of carbonyl (C=O) groups is 2. The molecule has 0 bridgehead atoms. The highest BCUT2D eigenvalue weighted by Crippen LogP contribution is 2.30. The first-order chi connectivity index (χ1) is 23.2. The Morgan fingerprint density at radius 1 is 0.918 bits per heavy atom. The Balaban J connectivity index is 1.86. The smallest absolute Gasteiger partial charge is 0.273 e. The first-order valence-corrected chi connectivity index (χ1v) is 17.4. The number of nitrogens with one attached hydrogen (secondary N) is 1. The fraction of sp³-hybridized carbons (Fsp3) is 0.257. The van der Waals surface area contributed by atoms with E-state index in [9.17, 15) is 28.1 Å². The zero-order valence-electron chi connectivity index (χ0n) is 27.3.